The summed E-state index contributed by atoms with van der Waals surface area (Å²) in [5.41, 5.74) is 7.09. The summed E-state index contributed by atoms with van der Waals surface area (Å²) in [5.74, 6) is 0.522. The van der Waals surface area contributed by atoms with Crippen LogP contribution >= 0.6 is 0 Å². The fourth-order valence-corrected chi connectivity index (χ4v) is 4.09. The highest BCUT2D eigenvalue weighted by atomic mass is 16.2. The first kappa shape index (κ1) is 17.9. The van der Waals surface area contributed by atoms with Gasteiger partial charge in [0.15, 0.2) is 0 Å². The Morgan fingerprint density at radius 1 is 1.16 bits per heavy atom. The summed E-state index contributed by atoms with van der Waals surface area (Å²) in [6.45, 7) is 6.14. The number of amides is 2. The van der Waals surface area contributed by atoms with Gasteiger partial charge in [0.05, 0.1) is 12.0 Å². The summed E-state index contributed by atoms with van der Waals surface area (Å²) < 4.78 is 0. The number of hydrogen-bond donors (Lipinski definition) is 1. The highest BCUT2D eigenvalue weighted by molar-refractivity contribution is 5.89. The highest BCUT2D eigenvalue weighted by Gasteiger charge is 2.39. The van der Waals surface area contributed by atoms with Crippen molar-refractivity contribution in [2.24, 2.45) is 17.6 Å². The molecule has 25 heavy (non-hydrogen) atoms. The Labute approximate surface area is 150 Å². The van der Waals surface area contributed by atoms with E-state index < -0.39 is 0 Å². The van der Waals surface area contributed by atoms with Crippen LogP contribution in [0.5, 0.6) is 0 Å². The third-order valence-electron chi connectivity index (χ3n) is 5.85. The zero-order valence-electron chi connectivity index (χ0n) is 15.2. The van der Waals surface area contributed by atoms with Gasteiger partial charge >= 0.3 is 0 Å². The van der Waals surface area contributed by atoms with Crippen molar-refractivity contribution >= 4 is 11.8 Å². The van der Waals surface area contributed by atoms with Crippen molar-refractivity contribution in [2.75, 3.05) is 19.6 Å². The number of benzene rings is 1. The summed E-state index contributed by atoms with van der Waals surface area (Å²) >= 11 is 0. The monoisotopic (exact) mass is 343 g/mol. The van der Waals surface area contributed by atoms with Gasteiger partial charge in [0.2, 0.25) is 11.8 Å². The molecule has 2 heterocycles. The van der Waals surface area contributed by atoms with Crippen LogP contribution in [-0.4, -0.2) is 47.3 Å². The van der Waals surface area contributed by atoms with Gasteiger partial charge in [-0.3, -0.25) is 9.59 Å². The molecule has 136 valence electrons. The fraction of sp³-hybridized carbons (Fsp3) is 0.600. The Balaban J connectivity index is 1.60. The van der Waals surface area contributed by atoms with E-state index in [4.69, 9.17) is 5.73 Å². The minimum absolute atomic E-state index is 0.00956. The topological polar surface area (TPSA) is 66.6 Å². The molecule has 2 aliphatic heterocycles. The summed E-state index contributed by atoms with van der Waals surface area (Å²) in [6, 6.07) is 10.2. The number of nitrogens with two attached hydrogens (primary N) is 1. The molecule has 0 radical (unpaired) electrons. The third-order valence-corrected chi connectivity index (χ3v) is 5.85. The number of carbonyl (C=O) groups excluding carboxylic acids is 2. The lowest BCUT2D eigenvalue weighted by Crippen LogP contribution is -2.45. The zero-order valence-corrected chi connectivity index (χ0v) is 15.2. The van der Waals surface area contributed by atoms with Crippen LogP contribution < -0.4 is 5.73 Å². The largest absolute Gasteiger partial charge is 0.342 e. The Bertz CT molecular complexity index is 609. The third kappa shape index (κ3) is 3.87. The lowest BCUT2D eigenvalue weighted by Gasteiger charge is -2.35. The minimum Gasteiger partial charge on any atom is -0.342 e. The van der Waals surface area contributed by atoms with Gasteiger partial charge in [0.1, 0.15) is 0 Å². The van der Waals surface area contributed by atoms with Gasteiger partial charge in [0.25, 0.3) is 0 Å². The fourth-order valence-electron chi connectivity index (χ4n) is 4.09. The van der Waals surface area contributed by atoms with Crippen LogP contribution in [0.25, 0.3) is 0 Å². The van der Waals surface area contributed by atoms with Crippen molar-refractivity contribution < 1.29 is 9.59 Å². The summed E-state index contributed by atoms with van der Waals surface area (Å²) in [4.78, 5) is 29.1. The highest BCUT2D eigenvalue weighted by Crippen LogP contribution is 2.30. The Morgan fingerprint density at radius 3 is 2.40 bits per heavy atom. The van der Waals surface area contributed by atoms with E-state index in [1.807, 2.05) is 54.0 Å². The molecule has 3 unspecified atom stereocenters. The summed E-state index contributed by atoms with van der Waals surface area (Å²) in [6.07, 6.45) is 2.27. The lowest BCUT2D eigenvalue weighted by atomic mass is 9.90. The van der Waals surface area contributed by atoms with Crippen molar-refractivity contribution in [3.05, 3.63) is 35.9 Å². The van der Waals surface area contributed by atoms with Crippen LogP contribution in [0.3, 0.4) is 0 Å². The van der Waals surface area contributed by atoms with Crippen molar-refractivity contribution in [2.45, 2.75) is 45.2 Å². The number of rotatable bonds is 4. The number of nitrogens with zero attached hydrogens (tertiary/aromatic N) is 2. The quantitative estimate of drug-likeness (QED) is 0.911. The zero-order chi connectivity index (χ0) is 18.0. The molecule has 1 aromatic rings. The molecule has 1 aromatic carbocycles. The second kappa shape index (κ2) is 7.56. The minimum atomic E-state index is -0.203. The van der Waals surface area contributed by atoms with Crippen molar-refractivity contribution in [3.8, 4) is 0 Å². The Kier molecular flexibility index (Phi) is 5.42. The Morgan fingerprint density at radius 2 is 1.80 bits per heavy atom. The van der Waals surface area contributed by atoms with Gasteiger partial charge in [-0.25, -0.2) is 0 Å². The molecule has 0 aromatic heterocycles. The molecule has 2 amide bonds. The SMILES string of the molecule is CC(N)C1CCN(C(=O)C2CC(=O)N(C(C)c3ccccc3)C2)CC1. The predicted molar refractivity (Wildman–Crippen MR) is 97.6 cm³/mol. The first-order chi connectivity index (χ1) is 12.0. The Hall–Kier alpha value is -1.88. The van der Waals surface area contributed by atoms with E-state index in [9.17, 15) is 9.59 Å². The maximum atomic E-state index is 12.8. The molecular formula is C20H29N3O2. The standard InChI is InChI=1S/C20H29N3O2/c1-14(21)16-8-10-22(11-9-16)20(25)18-12-19(24)23(13-18)15(2)17-6-4-3-5-7-17/h3-7,14-16,18H,8-13,21H2,1-2H3. The number of piperidine rings is 1. The average Bonchev–Trinajstić information content (AvgIpc) is 3.03. The van der Waals surface area contributed by atoms with Crippen LogP contribution in [0.4, 0.5) is 0 Å². The smallest absolute Gasteiger partial charge is 0.227 e. The van der Waals surface area contributed by atoms with E-state index in [0.29, 0.717) is 18.9 Å². The van der Waals surface area contributed by atoms with E-state index >= 15 is 0 Å². The van der Waals surface area contributed by atoms with Crippen molar-refractivity contribution in [1.29, 1.82) is 0 Å². The predicted octanol–water partition coefficient (Wildman–Crippen LogP) is 2.18. The average molecular weight is 343 g/mol. The molecule has 0 aliphatic carbocycles. The maximum absolute atomic E-state index is 12.8. The molecule has 3 atom stereocenters. The first-order valence-electron chi connectivity index (χ1n) is 9.36. The molecule has 5 heteroatoms. The van der Waals surface area contributed by atoms with E-state index in [2.05, 4.69) is 0 Å². The van der Waals surface area contributed by atoms with Crippen LogP contribution in [-0.2, 0) is 9.59 Å². The maximum Gasteiger partial charge on any atom is 0.227 e. The molecule has 0 bridgehead atoms. The normalized spacial score (nSPS) is 24.4. The molecule has 2 aliphatic rings. The van der Waals surface area contributed by atoms with Crippen LogP contribution in [0, 0.1) is 11.8 Å². The molecule has 2 saturated heterocycles. The number of carbonyl (C=O) groups is 2. The molecule has 5 nitrogen and oxygen atoms in total. The van der Waals surface area contributed by atoms with Gasteiger partial charge in [-0.2, -0.15) is 0 Å². The van der Waals surface area contributed by atoms with Crippen LogP contribution in [0.2, 0.25) is 0 Å². The van der Waals surface area contributed by atoms with Gasteiger partial charge in [-0.15, -0.1) is 0 Å². The van der Waals surface area contributed by atoms with Gasteiger partial charge < -0.3 is 15.5 Å². The summed E-state index contributed by atoms with van der Waals surface area (Å²) in [7, 11) is 0. The van der Waals surface area contributed by atoms with Crippen LogP contribution in [0.1, 0.15) is 44.7 Å². The lowest BCUT2D eigenvalue weighted by molar-refractivity contribution is -0.137. The van der Waals surface area contributed by atoms with E-state index in [-0.39, 0.29) is 29.8 Å². The first-order valence-corrected chi connectivity index (χ1v) is 9.36. The summed E-state index contributed by atoms with van der Waals surface area (Å²) in [5, 5.41) is 0. The molecular weight excluding hydrogens is 314 g/mol. The molecule has 3 rings (SSSR count). The molecule has 2 fully saturated rings. The van der Waals surface area contributed by atoms with Crippen molar-refractivity contribution in [3.63, 3.8) is 0 Å². The van der Waals surface area contributed by atoms with E-state index in [0.717, 1.165) is 31.5 Å². The van der Waals surface area contributed by atoms with E-state index in [1.54, 1.807) is 0 Å². The van der Waals surface area contributed by atoms with Crippen LogP contribution in [0.15, 0.2) is 30.3 Å². The molecule has 2 N–H and O–H groups in total. The molecule has 0 saturated carbocycles. The van der Waals surface area contributed by atoms with E-state index in [1.165, 1.54) is 0 Å². The second-order valence-electron chi connectivity index (χ2n) is 7.56. The molecule has 0 spiro atoms. The number of likely N-dealkylation sites (tertiary alicyclic amines) is 2. The van der Waals surface area contributed by atoms with Crippen molar-refractivity contribution in [1.82, 2.24) is 9.80 Å². The number of hydrogen-bond acceptors (Lipinski definition) is 3. The second-order valence-corrected chi connectivity index (χ2v) is 7.56. The van der Waals surface area contributed by atoms with Gasteiger partial charge in [-0.05, 0) is 38.2 Å². The van der Waals surface area contributed by atoms with Gasteiger partial charge in [0, 0.05) is 32.1 Å². The van der Waals surface area contributed by atoms with Gasteiger partial charge in [-0.1, -0.05) is 30.3 Å².